The minimum atomic E-state index is -0.120. The van der Waals surface area contributed by atoms with Crippen LogP contribution in [0.3, 0.4) is 0 Å². The van der Waals surface area contributed by atoms with Gasteiger partial charge in [0, 0.05) is 61.7 Å². The number of fused-ring (bicyclic) bond motifs is 1. The van der Waals surface area contributed by atoms with Gasteiger partial charge >= 0.3 is 0 Å². The summed E-state index contributed by atoms with van der Waals surface area (Å²) in [5, 5.41) is 9.76. The number of hydrogen-bond acceptors (Lipinski definition) is 6. The van der Waals surface area contributed by atoms with Crippen molar-refractivity contribution in [1.82, 2.24) is 10.2 Å². The summed E-state index contributed by atoms with van der Waals surface area (Å²) in [6, 6.07) is 12.1. The molecule has 0 radical (unpaired) electrons. The van der Waals surface area contributed by atoms with Gasteiger partial charge in [0.15, 0.2) is 11.5 Å². The molecule has 0 aromatic heterocycles. The minimum Gasteiger partial charge on any atom is -0.493 e. The minimum absolute atomic E-state index is 0.0289. The van der Waals surface area contributed by atoms with Crippen molar-refractivity contribution in [2.75, 3.05) is 51.0 Å². The van der Waals surface area contributed by atoms with Gasteiger partial charge in [-0.3, -0.25) is 9.69 Å². The molecular formula is C24H30N4O3. The Morgan fingerprint density at radius 1 is 1.10 bits per heavy atom. The molecule has 1 fully saturated rings. The number of piperazine rings is 1. The summed E-state index contributed by atoms with van der Waals surface area (Å²) in [5.41, 5.74) is 4.52. The van der Waals surface area contributed by atoms with Gasteiger partial charge < -0.3 is 25.4 Å². The Morgan fingerprint density at radius 2 is 1.77 bits per heavy atom. The zero-order valence-corrected chi connectivity index (χ0v) is 18.3. The Kier molecular flexibility index (Phi) is 6.44. The zero-order valence-electron chi connectivity index (χ0n) is 18.3. The molecule has 31 heavy (non-hydrogen) atoms. The Hall–Kier alpha value is -3.03. The van der Waals surface area contributed by atoms with Crippen molar-refractivity contribution in [3.05, 3.63) is 53.6 Å². The number of nitrogens with zero attached hydrogens (tertiary/aromatic N) is 1. The monoisotopic (exact) mass is 422 g/mol. The first-order valence-electron chi connectivity index (χ1n) is 10.7. The second kappa shape index (κ2) is 9.41. The van der Waals surface area contributed by atoms with E-state index >= 15 is 0 Å². The van der Waals surface area contributed by atoms with Crippen molar-refractivity contribution in [2.45, 2.75) is 19.5 Å². The van der Waals surface area contributed by atoms with E-state index in [4.69, 9.17) is 9.47 Å². The predicted octanol–water partition coefficient (Wildman–Crippen LogP) is 2.95. The van der Waals surface area contributed by atoms with Gasteiger partial charge in [0.2, 0.25) is 0 Å². The second-order valence-corrected chi connectivity index (χ2v) is 7.94. The van der Waals surface area contributed by atoms with Gasteiger partial charge in [-0.15, -0.1) is 0 Å². The average molecular weight is 423 g/mol. The molecule has 7 heteroatoms. The molecule has 1 saturated heterocycles. The predicted molar refractivity (Wildman–Crippen MR) is 124 cm³/mol. The first-order valence-corrected chi connectivity index (χ1v) is 10.7. The lowest BCUT2D eigenvalue weighted by Gasteiger charge is -2.27. The summed E-state index contributed by atoms with van der Waals surface area (Å²) < 4.78 is 10.7. The molecule has 1 unspecified atom stereocenters. The number of ether oxygens (including phenoxy) is 2. The maximum atomic E-state index is 12.6. The smallest absolute Gasteiger partial charge is 0.256 e. The number of nitrogens with one attached hydrogen (secondary N) is 3. The van der Waals surface area contributed by atoms with Gasteiger partial charge in [0.25, 0.3) is 5.91 Å². The molecule has 7 nitrogen and oxygen atoms in total. The van der Waals surface area contributed by atoms with E-state index in [-0.39, 0.29) is 11.9 Å². The average Bonchev–Trinajstić information content (AvgIpc) is 3.08. The highest BCUT2D eigenvalue weighted by Crippen LogP contribution is 2.40. The van der Waals surface area contributed by atoms with Crippen LogP contribution in [0.4, 0.5) is 11.4 Å². The lowest BCUT2D eigenvalue weighted by atomic mass is 10.0. The van der Waals surface area contributed by atoms with E-state index in [2.05, 4.69) is 45.1 Å². The SMILES string of the molecule is COc1cc2c(cc1OC)C(=CC(C)Nc1ccc(CN3CCNCC3)cc1)C(=O)N2. The molecule has 1 amide bonds. The first kappa shape index (κ1) is 21.2. The third kappa shape index (κ3) is 4.84. The summed E-state index contributed by atoms with van der Waals surface area (Å²) in [6.45, 7) is 7.30. The van der Waals surface area contributed by atoms with Crippen LogP contribution in [0.25, 0.3) is 5.57 Å². The number of methoxy groups -OCH3 is 2. The first-order chi connectivity index (χ1) is 15.1. The number of carbonyl (C=O) groups is 1. The molecule has 164 valence electrons. The summed E-state index contributed by atoms with van der Waals surface area (Å²) in [7, 11) is 3.17. The molecular weight excluding hydrogens is 392 g/mol. The number of benzene rings is 2. The van der Waals surface area contributed by atoms with Crippen molar-refractivity contribution < 1.29 is 14.3 Å². The van der Waals surface area contributed by atoms with Crippen LogP contribution in [-0.4, -0.2) is 57.2 Å². The van der Waals surface area contributed by atoms with Crippen molar-refractivity contribution >= 4 is 22.9 Å². The number of rotatable bonds is 7. The molecule has 0 saturated carbocycles. The Morgan fingerprint density at radius 3 is 2.45 bits per heavy atom. The fraction of sp³-hybridized carbons (Fsp3) is 0.375. The third-order valence-corrected chi connectivity index (χ3v) is 5.69. The Labute approximate surface area is 183 Å². The van der Waals surface area contributed by atoms with E-state index in [1.54, 1.807) is 20.3 Å². The van der Waals surface area contributed by atoms with Crippen LogP contribution in [0.2, 0.25) is 0 Å². The van der Waals surface area contributed by atoms with Crippen molar-refractivity contribution in [1.29, 1.82) is 0 Å². The van der Waals surface area contributed by atoms with Crippen molar-refractivity contribution in [3.8, 4) is 11.5 Å². The van der Waals surface area contributed by atoms with E-state index in [0.29, 0.717) is 17.1 Å². The molecule has 2 aromatic carbocycles. The summed E-state index contributed by atoms with van der Waals surface area (Å²) >= 11 is 0. The maximum Gasteiger partial charge on any atom is 0.256 e. The summed E-state index contributed by atoms with van der Waals surface area (Å²) in [4.78, 5) is 15.0. The molecule has 2 aromatic rings. The summed E-state index contributed by atoms with van der Waals surface area (Å²) in [6.07, 6.45) is 1.95. The van der Waals surface area contributed by atoms with E-state index in [1.807, 2.05) is 19.1 Å². The normalized spacial score (nSPS) is 18.4. The van der Waals surface area contributed by atoms with Crippen LogP contribution in [0.1, 0.15) is 18.1 Å². The van der Waals surface area contributed by atoms with Crippen LogP contribution < -0.4 is 25.4 Å². The van der Waals surface area contributed by atoms with E-state index in [9.17, 15) is 4.79 Å². The van der Waals surface area contributed by atoms with Gasteiger partial charge in [-0.1, -0.05) is 12.1 Å². The maximum absolute atomic E-state index is 12.6. The van der Waals surface area contributed by atoms with Gasteiger partial charge in [-0.05, 0) is 36.8 Å². The van der Waals surface area contributed by atoms with Crippen LogP contribution in [0.15, 0.2) is 42.5 Å². The standard InChI is InChI=1S/C24H30N4O3/c1-16(26-18-6-4-17(5-7-18)15-28-10-8-25-9-11-28)12-20-19-13-22(30-2)23(31-3)14-21(19)27-24(20)29/h4-7,12-14,16,25-26H,8-11,15H2,1-3H3,(H,27,29). The second-order valence-electron chi connectivity index (χ2n) is 7.94. The molecule has 2 aliphatic rings. The third-order valence-electron chi connectivity index (χ3n) is 5.69. The Bertz CT molecular complexity index is 966. The quantitative estimate of drug-likeness (QED) is 0.596. The van der Waals surface area contributed by atoms with Gasteiger partial charge in [0.1, 0.15) is 0 Å². The fourth-order valence-electron chi connectivity index (χ4n) is 4.07. The number of anilines is 2. The highest BCUT2D eigenvalue weighted by molar-refractivity contribution is 6.31. The molecule has 2 aliphatic heterocycles. The molecule has 0 bridgehead atoms. The highest BCUT2D eigenvalue weighted by Gasteiger charge is 2.27. The van der Waals surface area contributed by atoms with E-state index in [1.165, 1.54) is 5.56 Å². The Balaban J connectivity index is 1.44. The van der Waals surface area contributed by atoms with Gasteiger partial charge in [-0.25, -0.2) is 0 Å². The lowest BCUT2D eigenvalue weighted by molar-refractivity contribution is -0.110. The molecule has 2 heterocycles. The molecule has 0 spiro atoms. The fourth-order valence-corrected chi connectivity index (χ4v) is 4.07. The van der Waals surface area contributed by atoms with Crippen LogP contribution >= 0.6 is 0 Å². The van der Waals surface area contributed by atoms with E-state index in [0.717, 1.165) is 49.7 Å². The van der Waals surface area contributed by atoms with Crippen molar-refractivity contribution in [3.63, 3.8) is 0 Å². The number of carbonyl (C=O) groups excluding carboxylic acids is 1. The molecule has 0 aliphatic carbocycles. The van der Waals surface area contributed by atoms with Crippen LogP contribution in [0, 0.1) is 0 Å². The van der Waals surface area contributed by atoms with Gasteiger partial charge in [0.05, 0.1) is 19.9 Å². The molecule has 4 rings (SSSR count). The topological polar surface area (TPSA) is 74.9 Å². The molecule has 3 N–H and O–H groups in total. The summed E-state index contributed by atoms with van der Waals surface area (Å²) in [5.74, 6) is 1.07. The number of hydrogen-bond donors (Lipinski definition) is 3. The van der Waals surface area contributed by atoms with Crippen molar-refractivity contribution in [2.24, 2.45) is 0 Å². The van der Waals surface area contributed by atoms with Crippen LogP contribution in [0.5, 0.6) is 11.5 Å². The van der Waals surface area contributed by atoms with Crippen LogP contribution in [-0.2, 0) is 11.3 Å². The zero-order chi connectivity index (χ0) is 21.8. The van der Waals surface area contributed by atoms with E-state index < -0.39 is 0 Å². The molecule has 1 atom stereocenters. The van der Waals surface area contributed by atoms with Gasteiger partial charge in [-0.2, -0.15) is 0 Å². The highest BCUT2D eigenvalue weighted by atomic mass is 16.5. The largest absolute Gasteiger partial charge is 0.493 e. The number of amides is 1. The lowest BCUT2D eigenvalue weighted by Crippen LogP contribution is -2.42.